The Morgan fingerprint density at radius 3 is 1.36 bits per heavy atom. The predicted molar refractivity (Wildman–Crippen MR) is 177 cm³/mol. The molecular weight excluding hydrogens is 665 g/mol. The van der Waals surface area contributed by atoms with Crippen LogP contribution in [0.5, 0.6) is 11.5 Å². The Bertz CT molecular complexity index is 1430. The molecule has 45 heavy (non-hydrogen) atoms. The molecule has 0 amide bonds. The summed E-state index contributed by atoms with van der Waals surface area (Å²) in [6, 6.07) is 6.93. The lowest BCUT2D eigenvalue weighted by atomic mass is 10.1. The monoisotopic (exact) mass is 708 g/mol. The van der Waals surface area contributed by atoms with Gasteiger partial charge in [-0.25, -0.2) is 25.4 Å². The average Bonchev–Trinajstić information content (AvgIpc) is 2.96. The zero-order chi connectivity index (χ0) is 34.8. The highest BCUT2D eigenvalue weighted by Gasteiger charge is 2.26. The molecule has 0 spiro atoms. The molecule has 0 heterocycles. The molecule has 0 bridgehead atoms. The smallest absolute Gasteiger partial charge is 0.373 e. The summed E-state index contributed by atoms with van der Waals surface area (Å²) < 4.78 is 68.3. The van der Waals surface area contributed by atoms with Crippen molar-refractivity contribution < 1.29 is 45.4 Å². The topological polar surface area (TPSA) is 154 Å². The molecule has 0 N–H and O–H groups in total. The van der Waals surface area contributed by atoms with E-state index < -0.39 is 20.0 Å². The van der Waals surface area contributed by atoms with Gasteiger partial charge in [-0.05, 0) is 80.0 Å². The molecule has 2 aromatic carbocycles. The fraction of sp³-hybridized carbons (Fsp3) is 0.517. The van der Waals surface area contributed by atoms with Gasteiger partial charge in [-0.15, -0.1) is 11.8 Å². The number of nitrogens with zero attached hydrogens (tertiary/aromatic N) is 2. The van der Waals surface area contributed by atoms with E-state index in [1.165, 1.54) is 20.4 Å². The van der Waals surface area contributed by atoms with Gasteiger partial charge in [-0.3, -0.25) is 4.79 Å². The number of thioether (sulfide) groups is 2. The van der Waals surface area contributed by atoms with E-state index in [9.17, 15) is 21.6 Å². The summed E-state index contributed by atoms with van der Waals surface area (Å²) in [5.41, 5.74) is 2.75. The second-order valence-electron chi connectivity index (χ2n) is 9.40. The summed E-state index contributed by atoms with van der Waals surface area (Å²) in [7, 11) is -0.702. The standard InChI is InChI=1S/C14H21NO5S2.C14H23NO3S2.CO2/c1-11-7-13(19-4)8-12(2)14(11)22(17,18)15(3)5-6-21-10-20-9-16;1-6-19-8-7-15(4)20(16,17)14-11(2)9-13(18-5)10-12(14)3;2-1-3/h7-9H,5-6,10H2,1-4H3;9-10H,6-8H2,1-5H3;. The van der Waals surface area contributed by atoms with Crippen molar-refractivity contribution in [1.29, 1.82) is 0 Å². The Morgan fingerprint density at radius 1 is 0.733 bits per heavy atom. The first-order valence-electron chi connectivity index (χ1n) is 13.5. The van der Waals surface area contributed by atoms with Crippen LogP contribution < -0.4 is 9.47 Å². The molecule has 254 valence electrons. The summed E-state index contributed by atoms with van der Waals surface area (Å²) in [5, 5.41) is 0. The molecule has 0 saturated heterocycles. The highest BCUT2D eigenvalue weighted by Crippen LogP contribution is 2.29. The van der Waals surface area contributed by atoms with Crippen LogP contribution in [-0.4, -0.2) is 103 Å². The molecule has 0 fully saturated rings. The number of hydrogen-bond acceptors (Lipinski definition) is 12. The van der Waals surface area contributed by atoms with Crippen LogP contribution in [0.25, 0.3) is 0 Å². The zero-order valence-corrected chi connectivity index (χ0v) is 30.5. The first-order chi connectivity index (χ1) is 21.1. The number of sulfonamides is 2. The minimum Gasteiger partial charge on any atom is -0.497 e. The number of ether oxygens (including phenoxy) is 3. The SMILES string of the molecule is CCSCCN(C)S(=O)(=O)c1c(C)cc(OC)cc1C.COc1cc(C)c(S(=O)(=O)N(C)CCSCOC=O)c(C)c1.O=C=O. The highest BCUT2D eigenvalue weighted by atomic mass is 32.2. The number of benzene rings is 2. The molecule has 0 aliphatic rings. The maximum atomic E-state index is 12.7. The molecule has 0 unspecified atom stereocenters. The number of carbonyl (C=O) groups excluding carboxylic acids is 3. The summed E-state index contributed by atoms with van der Waals surface area (Å²) in [6.45, 7) is 10.4. The van der Waals surface area contributed by atoms with Crippen molar-refractivity contribution in [3.63, 3.8) is 0 Å². The molecule has 0 atom stereocenters. The Hall–Kier alpha value is -2.59. The molecular formula is C29H44N2O10S4. The second-order valence-corrected chi connectivity index (χ2v) is 15.8. The van der Waals surface area contributed by atoms with Crippen molar-refractivity contribution >= 4 is 56.2 Å². The van der Waals surface area contributed by atoms with Gasteiger partial charge in [0.1, 0.15) is 17.4 Å². The quantitative estimate of drug-likeness (QED) is 0.141. The van der Waals surface area contributed by atoms with Crippen molar-refractivity contribution in [2.24, 2.45) is 0 Å². The largest absolute Gasteiger partial charge is 0.497 e. The van der Waals surface area contributed by atoms with E-state index in [-0.39, 0.29) is 12.1 Å². The van der Waals surface area contributed by atoms with E-state index in [4.69, 9.17) is 19.1 Å². The van der Waals surface area contributed by atoms with E-state index in [2.05, 4.69) is 11.7 Å². The zero-order valence-electron chi connectivity index (χ0n) is 27.2. The summed E-state index contributed by atoms with van der Waals surface area (Å²) >= 11 is 3.09. The van der Waals surface area contributed by atoms with Gasteiger partial charge in [0.05, 0.1) is 24.0 Å². The predicted octanol–water partition coefficient (Wildman–Crippen LogP) is 3.90. The minimum atomic E-state index is -3.56. The van der Waals surface area contributed by atoms with E-state index in [0.29, 0.717) is 57.7 Å². The van der Waals surface area contributed by atoms with E-state index in [1.54, 1.807) is 92.0 Å². The molecule has 2 aromatic rings. The Kier molecular flexibility index (Phi) is 20.0. The van der Waals surface area contributed by atoms with Gasteiger partial charge in [0.2, 0.25) is 20.0 Å². The van der Waals surface area contributed by atoms with Gasteiger partial charge < -0.3 is 14.2 Å². The van der Waals surface area contributed by atoms with Crippen molar-refractivity contribution in [2.45, 2.75) is 44.4 Å². The maximum absolute atomic E-state index is 12.7. The van der Waals surface area contributed by atoms with E-state index >= 15 is 0 Å². The average molecular weight is 709 g/mol. The highest BCUT2D eigenvalue weighted by molar-refractivity contribution is 7.99. The summed E-state index contributed by atoms with van der Waals surface area (Å²) in [6.07, 6.45) is 0.250. The number of methoxy groups -OCH3 is 2. The summed E-state index contributed by atoms with van der Waals surface area (Å²) in [5.74, 6) is 3.88. The van der Waals surface area contributed by atoms with Crippen LogP contribution in [0.15, 0.2) is 34.1 Å². The van der Waals surface area contributed by atoms with Crippen molar-refractivity contribution in [3.05, 3.63) is 46.5 Å². The molecule has 0 saturated carbocycles. The van der Waals surface area contributed by atoms with Crippen LogP contribution in [0.4, 0.5) is 0 Å². The van der Waals surface area contributed by atoms with Crippen LogP contribution >= 0.6 is 23.5 Å². The third-order valence-corrected chi connectivity index (χ3v) is 12.2. The fourth-order valence-electron chi connectivity index (χ4n) is 4.09. The van der Waals surface area contributed by atoms with Crippen LogP contribution in [0, 0.1) is 27.7 Å². The van der Waals surface area contributed by atoms with E-state index in [1.807, 2.05) is 0 Å². The van der Waals surface area contributed by atoms with Crippen LogP contribution in [0.1, 0.15) is 29.2 Å². The van der Waals surface area contributed by atoms with Gasteiger partial charge in [0.25, 0.3) is 6.47 Å². The third kappa shape index (κ3) is 13.3. The number of rotatable bonds is 16. The van der Waals surface area contributed by atoms with Gasteiger partial charge in [0, 0.05) is 38.7 Å². The van der Waals surface area contributed by atoms with Crippen molar-refractivity contribution in [2.75, 3.05) is 64.6 Å². The van der Waals surface area contributed by atoms with Gasteiger partial charge in [-0.1, -0.05) is 6.92 Å². The lowest BCUT2D eigenvalue weighted by molar-refractivity contribution is -0.191. The Balaban J connectivity index is 0.000000794. The molecule has 0 aliphatic heterocycles. The van der Waals surface area contributed by atoms with Crippen LogP contribution in [-0.2, 0) is 39.2 Å². The number of carbonyl (C=O) groups is 1. The first kappa shape index (κ1) is 42.4. The number of hydrogen-bond donors (Lipinski definition) is 0. The molecule has 0 aromatic heterocycles. The Labute approximate surface area is 276 Å². The van der Waals surface area contributed by atoms with Gasteiger partial charge >= 0.3 is 6.15 Å². The number of aryl methyl sites for hydroxylation is 4. The van der Waals surface area contributed by atoms with Crippen molar-refractivity contribution in [1.82, 2.24) is 8.61 Å². The maximum Gasteiger partial charge on any atom is 0.373 e. The van der Waals surface area contributed by atoms with Crippen LogP contribution in [0.3, 0.4) is 0 Å². The summed E-state index contributed by atoms with van der Waals surface area (Å²) in [4.78, 5) is 27.0. The minimum absolute atomic E-state index is 0.220. The molecule has 2 rings (SSSR count). The molecule has 16 heteroatoms. The molecule has 12 nitrogen and oxygen atoms in total. The lowest BCUT2D eigenvalue weighted by Gasteiger charge is -2.20. The Morgan fingerprint density at radius 2 is 1.07 bits per heavy atom. The first-order valence-corrected chi connectivity index (χ1v) is 18.7. The lowest BCUT2D eigenvalue weighted by Crippen LogP contribution is -2.30. The normalized spacial score (nSPS) is 11.1. The van der Waals surface area contributed by atoms with Crippen molar-refractivity contribution in [3.8, 4) is 11.5 Å². The van der Waals surface area contributed by atoms with Crippen LogP contribution in [0.2, 0.25) is 0 Å². The fourth-order valence-corrected chi connectivity index (χ4v) is 8.83. The molecule has 0 aliphatic carbocycles. The second kappa shape index (κ2) is 21.3. The molecule has 0 radical (unpaired) electrons. The van der Waals surface area contributed by atoms with Gasteiger partial charge in [-0.2, -0.15) is 21.4 Å². The van der Waals surface area contributed by atoms with Gasteiger partial charge in [0.15, 0.2) is 0 Å². The van der Waals surface area contributed by atoms with E-state index in [0.717, 1.165) is 22.6 Å². The third-order valence-electron chi connectivity index (χ3n) is 6.20.